The molecule has 2 aliphatic rings. The fraction of sp³-hybridized carbons (Fsp3) is 0.562. The number of carbonyl (C=O) groups is 1. The van der Waals surface area contributed by atoms with Crippen LogP contribution in [0.5, 0.6) is 11.5 Å². The number of ether oxygens (including phenoxy) is 2. The van der Waals surface area contributed by atoms with E-state index in [-0.39, 0.29) is 11.3 Å². The molecule has 1 N–H and O–H groups in total. The van der Waals surface area contributed by atoms with Gasteiger partial charge in [-0.3, -0.25) is 4.79 Å². The van der Waals surface area contributed by atoms with Crippen LogP contribution in [0.2, 0.25) is 0 Å². The molecule has 1 fully saturated rings. The number of fused-ring (bicyclic) bond motifs is 1. The Kier molecular flexibility index (Phi) is 4.24. The molecule has 0 radical (unpaired) electrons. The zero-order valence-corrected chi connectivity index (χ0v) is 12.7. The van der Waals surface area contributed by atoms with Gasteiger partial charge >= 0.3 is 0 Å². The molecule has 3 rings (SSSR count). The topological polar surface area (TPSA) is 47.6 Å². The van der Waals surface area contributed by atoms with Gasteiger partial charge in [-0.05, 0) is 25.0 Å². The highest BCUT2D eigenvalue weighted by atomic mass is 35.5. The summed E-state index contributed by atoms with van der Waals surface area (Å²) in [4.78, 5) is 12.4. The number of amides is 1. The van der Waals surface area contributed by atoms with E-state index in [1.165, 1.54) is 12.8 Å². The molecule has 21 heavy (non-hydrogen) atoms. The molecule has 1 aliphatic carbocycles. The van der Waals surface area contributed by atoms with Crippen LogP contribution in [-0.4, -0.2) is 31.5 Å². The number of para-hydroxylation sites is 1. The maximum atomic E-state index is 12.4. The lowest BCUT2D eigenvalue weighted by atomic mass is 9.88. The van der Waals surface area contributed by atoms with Crippen molar-refractivity contribution < 1.29 is 14.3 Å². The van der Waals surface area contributed by atoms with Crippen molar-refractivity contribution in [2.45, 2.75) is 25.7 Å². The van der Waals surface area contributed by atoms with Crippen molar-refractivity contribution in [3.63, 3.8) is 0 Å². The van der Waals surface area contributed by atoms with E-state index in [1.807, 2.05) is 12.1 Å². The molecular formula is C16H20ClNO3. The third kappa shape index (κ3) is 2.95. The molecule has 0 spiro atoms. The quantitative estimate of drug-likeness (QED) is 0.870. The number of rotatable bonds is 4. The van der Waals surface area contributed by atoms with Gasteiger partial charge < -0.3 is 14.8 Å². The first kappa shape index (κ1) is 14.5. The van der Waals surface area contributed by atoms with E-state index < -0.39 is 0 Å². The number of benzene rings is 1. The van der Waals surface area contributed by atoms with Crippen LogP contribution in [0.1, 0.15) is 36.0 Å². The predicted octanol–water partition coefficient (Wildman–Crippen LogP) is 2.99. The van der Waals surface area contributed by atoms with Crippen molar-refractivity contribution in [2.75, 3.05) is 25.6 Å². The highest BCUT2D eigenvalue weighted by Gasteiger charge is 2.33. The van der Waals surface area contributed by atoms with Crippen LogP contribution in [0.15, 0.2) is 18.2 Å². The SMILES string of the molecule is O=C(NCC1(CCl)CCCC1)c1cccc2c1OCCO2. The summed E-state index contributed by atoms with van der Waals surface area (Å²) < 4.78 is 11.1. The van der Waals surface area contributed by atoms with E-state index in [1.54, 1.807) is 6.07 Å². The molecule has 4 nitrogen and oxygen atoms in total. The van der Waals surface area contributed by atoms with Gasteiger partial charge in [0.2, 0.25) is 0 Å². The minimum absolute atomic E-state index is 0.0589. The molecule has 114 valence electrons. The molecule has 0 atom stereocenters. The number of halogens is 1. The lowest BCUT2D eigenvalue weighted by Crippen LogP contribution is -2.37. The van der Waals surface area contributed by atoms with Gasteiger partial charge in [0.15, 0.2) is 11.5 Å². The average Bonchev–Trinajstić information content (AvgIpc) is 3.01. The van der Waals surface area contributed by atoms with E-state index in [2.05, 4.69) is 5.32 Å². The summed E-state index contributed by atoms with van der Waals surface area (Å²) in [6.45, 7) is 1.62. The number of carbonyl (C=O) groups excluding carboxylic acids is 1. The third-order valence-corrected chi connectivity index (χ3v) is 4.95. The number of alkyl halides is 1. The molecule has 1 aromatic rings. The summed E-state index contributed by atoms with van der Waals surface area (Å²) in [5.41, 5.74) is 0.596. The van der Waals surface area contributed by atoms with Gasteiger partial charge in [0.1, 0.15) is 13.2 Å². The lowest BCUT2D eigenvalue weighted by molar-refractivity contribution is 0.0924. The maximum absolute atomic E-state index is 12.4. The lowest BCUT2D eigenvalue weighted by Gasteiger charge is -2.27. The minimum atomic E-state index is -0.117. The fourth-order valence-electron chi connectivity index (χ4n) is 3.10. The monoisotopic (exact) mass is 309 g/mol. The largest absolute Gasteiger partial charge is 0.486 e. The Balaban J connectivity index is 1.71. The van der Waals surface area contributed by atoms with Gasteiger partial charge in [-0.2, -0.15) is 0 Å². The molecule has 1 saturated carbocycles. The van der Waals surface area contributed by atoms with Gasteiger partial charge in [0.25, 0.3) is 5.91 Å². The second-order valence-corrected chi connectivity index (χ2v) is 6.12. The number of nitrogens with one attached hydrogen (secondary N) is 1. The molecule has 0 unspecified atom stereocenters. The maximum Gasteiger partial charge on any atom is 0.255 e. The summed E-state index contributed by atoms with van der Waals surface area (Å²) in [5, 5.41) is 3.02. The molecular weight excluding hydrogens is 290 g/mol. The smallest absolute Gasteiger partial charge is 0.255 e. The number of hydrogen-bond donors (Lipinski definition) is 1. The van der Waals surface area contributed by atoms with E-state index in [4.69, 9.17) is 21.1 Å². The summed E-state index contributed by atoms with van der Waals surface area (Å²) in [6.07, 6.45) is 4.56. The second-order valence-electron chi connectivity index (χ2n) is 5.85. The Morgan fingerprint density at radius 1 is 1.24 bits per heavy atom. The molecule has 1 aromatic carbocycles. The Hall–Kier alpha value is -1.42. The van der Waals surface area contributed by atoms with Crippen LogP contribution in [-0.2, 0) is 0 Å². The van der Waals surface area contributed by atoms with E-state index in [0.29, 0.717) is 42.7 Å². The average molecular weight is 310 g/mol. The first-order valence-electron chi connectivity index (χ1n) is 7.47. The highest BCUT2D eigenvalue weighted by molar-refractivity contribution is 6.18. The van der Waals surface area contributed by atoms with Crippen molar-refractivity contribution in [1.82, 2.24) is 5.32 Å². The molecule has 0 aromatic heterocycles. The molecule has 1 heterocycles. The normalized spacial score (nSPS) is 19.3. The molecule has 0 bridgehead atoms. The van der Waals surface area contributed by atoms with Crippen LogP contribution in [0.4, 0.5) is 0 Å². The molecule has 1 aliphatic heterocycles. The van der Waals surface area contributed by atoms with Gasteiger partial charge in [-0.25, -0.2) is 0 Å². The first-order valence-corrected chi connectivity index (χ1v) is 8.00. The van der Waals surface area contributed by atoms with Gasteiger partial charge in [0.05, 0.1) is 5.56 Å². The van der Waals surface area contributed by atoms with Crippen molar-refractivity contribution in [3.05, 3.63) is 23.8 Å². The fourth-order valence-corrected chi connectivity index (χ4v) is 3.46. The Bertz CT molecular complexity index is 526. The molecule has 5 heteroatoms. The summed E-state index contributed by atoms with van der Waals surface area (Å²) in [5.74, 6) is 1.67. The summed E-state index contributed by atoms with van der Waals surface area (Å²) >= 11 is 6.11. The van der Waals surface area contributed by atoms with Gasteiger partial charge in [-0.15, -0.1) is 11.6 Å². The minimum Gasteiger partial charge on any atom is -0.486 e. The standard InChI is InChI=1S/C16H20ClNO3/c17-10-16(6-1-2-7-16)11-18-15(19)12-4-3-5-13-14(12)21-9-8-20-13/h3-5H,1-2,6-11H2,(H,18,19). The van der Waals surface area contributed by atoms with E-state index in [9.17, 15) is 4.79 Å². The molecule has 1 amide bonds. The van der Waals surface area contributed by atoms with Gasteiger partial charge in [-0.1, -0.05) is 18.9 Å². The first-order chi connectivity index (χ1) is 10.2. The predicted molar refractivity (Wildman–Crippen MR) is 81.4 cm³/mol. The van der Waals surface area contributed by atoms with E-state index >= 15 is 0 Å². The van der Waals surface area contributed by atoms with Crippen LogP contribution < -0.4 is 14.8 Å². The second kappa shape index (κ2) is 6.14. The van der Waals surface area contributed by atoms with Crippen molar-refractivity contribution in [1.29, 1.82) is 0 Å². The van der Waals surface area contributed by atoms with Crippen LogP contribution in [0.25, 0.3) is 0 Å². The van der Waals surface area contributed by atoms with Crippen molar-refractivity contribution in [3.8, 4) is 11.5 Å². The van der Waals surface area contributed by atoms with Crippen molar-refractivity contribution in [2.24, 2.45) is 5.41 Å². The third-order valence-electron chi connectivity index (χ3n) is 4.38. The van der Waals surface area contributed by atoms with Crippen molar-refractivity contribution >= 4 is 17.5 Å². The van der Waals surface area contributed by atoms with Crippen LogP contribution >= 0.6 is 11.6 Å². The van der Waals surface area contributed by atoms with Gasteiger partial charge in [0, 0.05) is 17.8 Å². The Morgan fingerprint density at radius 2 is 2.00 bits per heavy atom. The van der Waals surface area contributed by atoms with Crippen LogP contribution in [0, 0.1) is 5.41 Å². The van der Waals surface area contributed by atoms with E-state index in [0.717, 1.165) is 12.8 Å². The molecule has 0 saturated heterocycles. The van der Waals surface area contributed by atoms with Crippen LogP contribution in [0.3, 0.4) is 0 Å². The number of hydrogen-bond acceptors (Lipinski definition) is 3. The zero-order valence-electron chi connectivity index (χ0n) is 12.0. The summed E-state index contributed by atoms with van der Waals surface area (Å²) in [7, 11) is 0. The Labute approximate surface area is 129 Å². The highest BCUT2D eigenvalue weighted by Crippen LogP contribution is 2.39. The Morgan fingerprint density at radius 3 is 2.76 bits per heavy atom. The summed E-state index contributed by atoms with van der Waals surface area (Å²) in [6, 6.07) is 5.41. The zero-order chi connectivity index (χ0) is 14.7.